The number of carbonyl (C=O) groups is 4. The first-order valence-corrected chi connectivity index (χ1v) is 13.6. The molecular weight excluding hydrogens is 460 g/mol. The molecule has 0 saturated heterocycles. The number of hydrogen-bond donors (Lipinski definition) is 1. The molecule has 198 valence electrons. The number of esters is 2. The molecule has 4 rings (SSSR count). The van der Waals surface area contributed by atoms with Gasteiger partial charge in [-0.2, -0.15) is 0 Å². The van der Waals surface area contributed by atoms with Crippen LogP contribution in [0.3, 0.4) is 0 Å². The summed E-state index contributed by atoms with van der Waals surface area (Å²) in [5, 5.41) is 11.6. The highest BCUT2D eigenvalue weighted by Crippen LogP contribution is 2.67. The van der Waals surface area contributed by atoms with E-state index < -0.39 is 46.9 Å². The number of rotatable bonds is 8. The van der Waals surface area contributed by atoms with Crippen LogP contribution in [-0.4, -0.2) is 46.9 Å². The molecule has 0 spiro atoms. The van der Waals surface area contributed by atoms with Gasteiger partial charge in [0.15, 0.2) is 18.0 Å². The lowest BCUT2D eigenvalue weighted by molar-refractivity contribution is -0.201. The van der Waals surface area contributed by atoms with E-state index in [4.69, 9.17) is 9.47 Å². The summed E-state index contributed by atoms with van der Waals surface area (Å²) in [6.07, 6.45) is 9.37. The second-order valence-electron chi connectivity index (χ2n) is 11.6. The van der Waals surface area contributed by atoms with Gasteiger partial charge in [-0.25, -0.2) is 0 Å². The first-order valence-electron chi connectivity index (χ1n) is 13.6. The molecule has 7 atom stereocenters. The van der Waals surface area contributed by atoms with Crippen LogP contribution < -0.4 is 0 Å². The molecule has 0 amide bonds. The predicted molar refractivity (Wildman–Crippen MR) is 133 cm³/mol. The summed E-state index contributed by atoms with van der Waals surface area (Å²) in [6.45, 7) is 7.31. The van der Waals surface area contributed by atoms with E-state index in [1.165, 1.54) is 0 Å². The fourth-order valence-corrected chi connectivity index (χ4v) is 7.92. The molecule has 0 aromatic heterocycles. The molecule has 3 saturated carbocycles. The Morgan fingerprint density at radius 1 is 1.14 bits per heavy atom. The molecule has 4 aliphatic rings. The number of ketones is 2. The van der Waals surface area contributed by atoms with Crippen molar-refractivity contribution in [3.05, 3.63) is 23.8 Å². The summed E-state index contributed by atoms with van der Waals surface area (Å²) in [5.74, 6) is -1.21. The van der Waals surface area contributed by atoms with Crippen molar-refractivity contribution in [1.82, 2.24) is 0 Å². The maximum Gasteiger partial charge on any atom is 0.306 e. The lowest BCUT2D eigenvalue weighted by atomic mass is 9.46. The first kappa shape index (κ1) is 26.8. The predicted octanol–water partition coefficient (Wildman–Crippen LogP) is 4.26. The zero-order valence-corrected chi connectivity index (χ0v) is 22.0. The third kappa shape index (κ3) is 4.17. The standard InChI is InChI=1S/C29H40O7/c1-5-7-8-25(34)35-17-23(32)29(36-24(33)6-2)14-12-21-20-10-9-18-15-19(30)11-13-27(18,3)26(20)22(31)16-28(21,29)4/h11,13,15,20-22,26,31H,5-10,12,14,16-17H2,1-4H3/t20-,21-,22?,26+,27-,28-,29-/m0/s1. The highest BCUT2D eigenvalue weighted by molar-refractivity contribution is 6.01. The van der Waals surface area contributed by atoms with Crippen molar-refractivity contribution in [3.63, 3.8) is 0 Å². The molecule has 0 aromatic rings. The monoisotopic (exact) mass is 500 g/mol. The summed E-state index contributed by atoms with van der Waals surface area (Å²) >= 11 is 0. The molecule has 4 aliphatic carbocycles. The van der Waals surface area contributed by atoms with Gasteiger partial charge in [0.1, 0.15) is 0 Å². The second kappa shape index (κ2) is 9.88. The fraction of sp³-hybridized carbons (Fsp3) is 0.724. The van der Waals surface area contributed by atoms with Gasteiger partial charge in [0, 0.05) is 29.6 Å². The number of hydrogen-bond acceptors (Lipinski definition) is 7. The first-order chi connectivity index (χ1) is 17.0. The molecule has 1 N–H and O–H groups in total. The van der Waals surface area contributed by atoms with E-state index in [1.807, 2.05) is 19.9 Å². The van der Waals surface area contributed by atoms with Crippen LogP contribution in [0, 0.1) is 28.6 Å². The Morgan fingerprint density at radius 3 is 2.58 bits per heavy atom. The van der Waals surface area contributed by atoms with Crippen LogP contribution in [-0.2, 0) is 28.7 Å². The Labute approximate surface area is 213 Å². The molecule has 0 heterocycles. The van der Waals surface area contributed by atoms with E-state index in [0.29, 0.717) is 25.7 Å². The highest BCUT2D eigenvalue weighted by atomic mass is 16.6. The SMILES string of the molecule is CCCCC(=O)OCC(=O)[C@@]1(OC(=O)CC)CC[C@H]2[C@@H]3CCC4=CC(=O)C=C[C@]4(C)[C@H]3C(O)C[C@@]21C. The normalized spacial score (nSPS) is 38.9. The largest absolute Gasteiger partial charge is 0.457 e. The Kier molecular flexibility index (Phi) is 7.35. The average Bonchev–Trinajstić information content (AvgIpc) is 3.13. The van der Waals surface area contributed by atoms with Crippen molar-refractivity contribution in [1.29, 1.82) is 0 Å². The summed E-state index contributed by atoms with van der Waals surface area (Å²) in [6, 6.07) is 0. The Balaban J connectivity index is 1.65. The van der Waals surface area contributed by atoms with Crippen molar-refractivity contribution >= 4 is 23.5 Å². The quantitative estimate of drug-likeness (QED) is 0.496. The van der Waals surface area contributed by atoms with Crippen molar-refractivity contribution in [3.8, 4) is 0 Å². The third-order valence-electron chi connectivity index (χ3n) is 9.74. The van der Waals surface area contributed by atoms with E-state index in [0.717, 1.165) is 24.8 Å². The number of aliphatic hydroxyl groups excluding tert-OH is 1. The number of unbranched alkanes of at least 4 members (excludes halogenated alkanes) is 1. The molecule has 7 heteroatoms. The van der Waals surface area contributed by atoms with Crippen LogP contribution in [0.2, 0.25) is 0 Å². The number of aliphatic hydroxyl groups is 1. The van der Waals surface area contributed by atoms with Gasteiger partial charge in [0.2, 0.25) is 5.78 Å². The van der Waals surface area contributed by atoms with Crippen LogP contribution in [0.1, 0.15) is 85.5 Å². The zero-order chi connectivity index (χ0) is 26.3. The van der Waals surface area contributed by atoms with Gasteiger partial charge in [-0.15, -0.1) is 0 Å². The average molecular weight is 501 g/mol. The minimum Gasteiger partial charge on any atom is -0.457 e. The summed E-state index contributed by atoms with van der Waals surface area (Å²) in [4.78, 5) is 50.6. The van der Waals surface area contributed by atoms with E-state index in [-0.39, 0.29) is 36.4 Å². The maximum absolute atomic E-state index is 13.8. The van der Waals surface area contributed by atoms with Crippen LogP contribution in [0.15, 0.2) is 23.8 Å². The topological polar surface area (TPSA) is 107 Å². The molecule has 0 aliphatic heterocycles. The molecule has 3 fully saturated rings. The number of carbonyl (C=O) groups excluding carboxylic acids is 4. The summed E-state index contributed by atoms with van der Waals surface area (Å²) < 4.78 is 11.3. The van der Waals surface area contributed by atoms with Crippen LogP contribution in [0.5, 0.6) is 0 Å². The fourth-order valence-electron chi connectivity index (χ4n) is 7.92. The number of Topliss-reactive ketones (excluding diaryl/α,β-unsaturated/α-hetero) is 1. The van der Waals surface area contributed by atoms with E-state index in [1.54, 1.807) is 19.1 Å². The van der Waals surface area contributed by atoms with Crippen molar-refractivity contribution < 1.29 is 33.8 Å². The molecule has 36 heavy (non-hydrogen) atoms. The van der Waals surface area contributed by atoms with Gasteiger partial charge < -0.3 is 14.6 Å². The van der Waals surface area contributed by atoms with Crippen LogP contribution in [0.4, 0.5) is 0 Å². The van der Waals surface area contributed by atoms with Gasteiger partial charge >= 0.3 is 11.9 Å². The molecule has 0 aromatic carbocycles. The minimum absolute atomic E-state index is 0.0125. The Morgan fingerprint density at radius 2 is 1.89 bits per heavy atom. The van der Waals surface area contributed by atoms with Gasteiger partial charge in [0.25, 0.3) is 0 Å². The Hall–Kier alpha value is -2.28. The van der Waals surface area contributed by atoms with Gasteiger partial charge in [-0.1, -0.05) is 45.8 Å². The third-order valence-corrected chi connectivity index (χ3v) is 9.74. The Bertz CT molecular complexity index is 996. The summed E-state index contributed by atoms with van der Waals surface area (Å²) in [5.41, 5.74) is -1.56. The lowest BCUT2D eigenvalue weighted by Crippen LogP contribution is -2.63. The molecule has 1 unspecified atom stereocenters. The summed E-state index contributed by atoms with van der Waals surface area (Å²) in [7, 11) is 0. The maximum atomic E-state index is 13.8. The van der Waals surface area contributed by atoms with E-state index in [9.17, 15) is 24.3 Å². The van der Waals surface area contributed by atoms with Crippen LogP contribution >= 0.6 is 0 Å². The smallest absolute Gasteiger partial charge is 0.306 e. The zero-order valence-electron chi connectivity index (χ0n) is 22.0. The van der Waals surface area contributed by atoms with Crippen molar-refractivity contribution in [2.24, 2.45) is 28.6 Å². The lowest BCUT2D eigenvalue weighted by Gasteiger charge is -2.59. The number of fused-ring (bicyclic) bond motifs is 5. The van der Waals surface area contributed by atoms with Crippen LogP contribution in [0.25, 0.3) is 0 Å². The van der Waals surface area contributed by atoms with Crippen molar-refractivity contribution in [2.45, 2.75) is 97.2 Å². The number of ether oxygens (including phenoxy) is 2. The number of allylic oxidation sites excluding steroid dienone is 4. The molecule has 0 bridgehead atoms. The van der Waals surface area contributed by atoms with E-state index in [2.05, 4.69) is 6.92 Å². The van der Waals surface area contributed by atoms with Gasteiger partial charge in [-0.3, -0.25) is 19.2 Å². The molecule has 0 radical (unpaired) electrons. The van der Waals surface area contributed by atoms with E-state index >= 15 is 0 Å². The van der Waals surface area contributed by atoms with Gasteiger partial charge in [0.05, 0.1) is 6.10 Å². The second-order valence-corrected chi connectivity index (χ2v) is 11.6. The molecular formula is C29H40O7. The van der Waals surface area contributed by atoms with Gasteiger partial charge in [-0.05, 0) is 62.5 Å². The van der Waals surface area contributed by atoms with Crippen molar-refractivity contribution in [2.75, 3.05) is 6.61 Å². The minimum atomic E-state index is -1.43. The highest BCUT2D eigenvalue weighted by Gasteiger charge is 2.70. The molecule has 7 nitrogen and oxygen atoms in total.